The first kappa shape index (κ1) is 16.8. The van der Waals surface area contributed by atoms with Gasteiger partial charge in [0.25, 0.3) is 10.0 Å². The molecule has 0 spiro atoms. The smallest absolute Gasteiger partial charge is 0.264 e. The standard InChI is InChI=1S/C18H21N5O2S/c1-13(2)23-16-5-4-15(10-14(16)11-20-23)26(24,25)22-9-8-21(3)17-6-7-19-12-18(17)22/h4-7,10-13H,8-9H2,1-3H3. The van der Waals surface area contributed by atoms with E-state index in [1.54, 1.807) is 30.7 Å². The molecule has 0 bridgehead atoms. The number of nitrogens with zero attached hydrogens (tertiary/aromatic N) is 5. The average Bonchev–Trinajstić information content (AvgIpc) is 3.05. The van der Waals surface area contributed by atoms with Crippen LogP contribution in [0.15, 0.2) is 47.8 Å². The SMILES string of the molecule is CC(C)n1ncc2cc(S(=O)(=O)N3CCN(C)c4ccncc43)ccc21. The predicted molar refractivity (Wildman–Crippen MR) is 102 cm³/mol. The number of benzene rings is 1. The van der Waals surface area contributed by atoms with Crippen molar-refractivity contribution in [1.29, 1.82) is 0 Å². The number of likely N-dealkylation sites (N-methyl/N-ethyl adjacent to an activating group) is 1. The molecule has 3 aromatic rings. The van der Waals surface area contributed by atoms with Crippen molar-refractivity contribution in [2.45, 2.75) is 24.8 Å². The van der Waals surface area contributed by atoms with Crippen molar-refractivity contribution in [3.05, 3.63) is 42.9 Å². The minimum absolute atomic E-state index is 0.213. The van der Waals surface area contributed by atoms with E-state index >= 15 is 0 Å². The first-order chi connectivity index (χ1) is 12.4. The van der Waals surface area contributed by atoms with Gasteiger partial charge in [0.2, 0.25) is 0 Å². The molecule has 136 valence electrons. The van der Waals surface area contributed by atoms with E-state index in [0.717, 1.165) is 16.6 Å². The molecule has 8 heteroatoms. The second-order valence-electron chi connectivity index (χ2n) is 6.77. The van der Waals surface area contributed by atoms with E-state index < -0.39 is 10.0 Å². The lowest BCUT2D eigenvalue weighted by Crippen LogP contribution is -2.42. The molecule has 4 rings (SSSR count). The van der Waals surface area contributed by atoms with Crippen LogP contribution < -0.4 is 9.21 Å². The van der Waals surface area contributed by atoms with E-state index in [1.807, 2.05) is 42.6 Å². The molecule has 1 aliphatic heterocycles. The first-order valence-corrected chi connectivity index (χ1v) is 9.99. The lowest BCUT2D eigenvalue weighted by Gasteiger charge is -2.35. The molecule has 1 aliphatic rings. The third kappa shape index (κ3) is 2.52. The third-order valence-electron chi connectivity index (χ3n) is 4.74. The lowest BCUT2D eigenvalue weighted by molar-refractivity contribution is 0.551. The van der Waals surface area contributed by atoms with Crippen LogP contribution in [0.5, 0.6) is 0 Å². The van der Waals surface area contributed by atoms with Crippen molar-refractivity contribution in [3.63, 3.8) is 0 Å². The fraction of sp³-hybridized carbons (Fsp3) is 0.333. The highest BCUT2D eigenvalue weighted by Crippen LogP contribution is 2.35. The van der Waals surface area contributed by atoms with Gasteiger partial charge in [-0.2, -0.15) is 5.10 Å². The summed E-state index contributed by atoms with van der Waals surface area (Å²) in [4.78, 5) is 6.43. The number of rotatable bonds is 3. The molecular formula is C18H21N5O2S. The Morgan fingerprint density at radius 3 is 2.65 bits per heavy atom. The van der Waals surface area contributed by atoms with Gasteiger partial charge in [-0.3, -0.25) is 14.0 Å². The third-order valence-corrected chi connectivity index (χ3v) is 6.55. The van der Waals surface area contributed by atoms with Crippen LogP contribution in [0.4, 0.5) is 11.4 Å². The summed E-state index contributed by atoms with van der Waals surface area (Å²) in [7, 11) is -1.72. The Balaban J connectivity index is 1.80. The molecule has 0 N–H and O–H groups in total. The van der Waals surface area contributed by atoms with Gasteiger partial charge in [0.05, 0.1) is 40.7 Å². The summed E-state index contributed by atoms with van der Waals surface area (Å²) in [6, 6.07) is 7.24. The van der Waals surface area contributed by atoms with Crippen LogP contribution in [-0.2, 0) is 10.0 Å². The Morgan fingerprint density at radius 1 is 1.08 bits per heavy atom. The van der Waals surface area contributed by atoms with Gasteiger partial charge in [-0.05, 0) is 38.1 Å². The number of aromatic nitrogens is 3. The van der Waals surface area contributed by atoms with Gasteiger partial charge < -0.3 is 4.90 Å². The Hall–Kier alpha value is -2.61. The molecule has 0 amide bonds. The number of pyridine rings is 1. The maximum atomic E-state index is 13.3. The van der Waals surface area contributed by atoms with Gasteiger partial charge in [0, 0.05) is 31.2 Å². The van der Waals surface area contributed by atoms with Crippen molar-refractivity contribution in [3.8, 4) is 0 Å². The van der Waals surface area contributed by atoms with Crippen LogP contribution in [0.3, 0.4) is 0 Å². The number of fused-ring (bicyclic) bond motifs is 2. The lowest BCUT2D eigenvalue weighted by atomic mass is 10.2. The van der Waals surface area contributed by atoms with Crippen LogP contribution in [0.1, 0.15) is 19.9 Å². The Kier molecular flexibility index (Phi) is 3.87. The highest BCUT2D eigenvalue weighted by atomic mass is 32.2. The zero-order chi connectivity index (χ0) is 18.5. The minimum atomic E-state index is -3.67. The van der Waals surface area contributed by atoms with Gasteiger partial charge in [0.1, 0.15) is 0 Å². The van der Waals surface area contributed by atoms with Crippen molar-refractivity contribution >= 4 is 32.3 Å². The molecule has 0 aliphatic carbocycles. The minimum Gasteiger partial charge on any atom is -0.371 e. The molecule has 2 aromatic heterocycles. The molecule has 0 radical (unpaired) electrons. The maximum Gasteiger partial charge on any atom is 0.264 e. The van der Waals surface area contributed by atoms with E-state index in [4.69, 9.17) is 0 Å². The Morgan fingerprint density at radius 2 is 1.88 bits per heavy atom. The Bertz CT molecular complexity index is 1070. The van der Waals surface area contributed by atoms with E-state index in [-0.39, 0.29) is 10.9 Å². The molecule has 0 fully saturated rings. The molecule has 0 saturated heterocycles. The van der Waals surface area contributed by atoms with Gasteiger partial charge in [0.15, 0.2) is 0 Å². The van der Waals surface area contributed by atoms with Gasteiger partial charge in [-0.25, -0.2) is 8.42 Å². The summed E-state index contributed by atoms with van der Waals surface area (Å²) in [5.74, 6) is 0. The Labute approximate surface area is 152 Å². The summed E-state index contributed by atoms with van der Waals surface area (Å²) < 4.78 is 29.9. The van der Waals surface area contributed by atoms with E-state index in [1.165, 1.54) is 4.31 Å². The summed E-state index contributed by atoms with van der Waals surface area (Å²) in [6.45, 7) is 5.11. The fourth-order valence-corrected chi connectivity index (χ4v) is 4.85. The molecule has 0 unspecified atom stereocenters. The van der Waals surface area contributed by atoms with Gasteiger partial charge >= 0.3 is 0 Å². The molecule has 26 heavy (non-hydrogen) atoms. The fourth-order valence-electron chi connectivity index (χ4n) is 3.36. The first-order valence-electron chi connectivity index (χ1n) is 8.55. The largest absolute Gasteiger partial charge is 0.371 e. The van der Waals surface area contributed by atoms with Crippen molar-refractivity contribution in [2.24, 2.45) is 0 Å². The number of anilines is 2. The second kappa shape index (κ2) is 5.98. The molecule has 7 nitrogen and oxygen atoms in total. The van der Waals surface area contributed by atoms with Gasteiger partial charge in [-0.1, -0.05) is 0 Å². The van der Waals surface area contributed by atoms with E-state index in [0.29, 0.717) is 18.8 Å². The quantitative estimate of drug-likeness (QED) is 0.708. The van der Waals surface area contributed by atoms with Crippen LogP contribution >= 0.6 is 0 Å². The van der Waals surface area contributed by atoms with Crippen LogP contribution in [-0.4, -0.2) is 43.3 Å². The monoisotopic (exact) mass is 371 g/mol. The normalized spacial score (nSPS) is 14.9. The van der Waals surface area contributed by atoms with Crippen LogP contribution in [0.2, 0.25) is 0 Å². The molecule has 3 heterocycles. The predicted octanol–water partition coefficient (Wildman–Crippen LogP) is 2.66. The number of hydrogen-bond donors (Lipinski definition) is 0. The number of hydrogen-bond acceptors (Lipinski definition) is 5. The topological polar surface area (TPSA) is 71.3 Å². The van der Waals surface area contributed by atoms with Crippen molar-refractivity contribution in [1.82, 2.24) is 14.8 Å². The maximum absolute atomic E-state index is 13.3. The summed E-state index contributed by atoms with van der Waals surface area (Å²) in [5.41, 5.74) is 2.40. The highest BCUT2D eigenvalue weighted by molar-refractivity contribution is 7.92. The number of sulfonamides is 1. The average molecular weight is 371 g/mol. The van der Waals surface area contributed by atoms with E-state index in [9.17, 15) is 8.42 Å². The zero-order valence-corrected chi connectivity index (χ0v) is 15.8. The van der Waals surface area contributed by atoms with Crippen LogP contribution in [0.25, 0.3) is 10.9 Å². The highest BCUT2D eigenvalue weighted by Gasteiger charge is 2.31. The van der Waals surface area contributed by atoms with Gasteiger partial charge in [-0.15, -0.1) is 0 Å². The summed E-state index contributed by atoms with van der Waals surface area (Å²) >= 11 is 0. The van der Waals surface area contributed by atoms with Crippen LogP contribution in [0, 0.1) is 0 Å². The zero-order valence-electron chi connectivity index (χ0n) is 15.0. The van der Waals surface area contributed by atoms with Crippen molar-refractivity contribution < 1.29 is 8.42 Å². The molecular weight excluding hydrogens is 350 g/mol. The van der Waals surface area contributed by atoms with Crippen molar-refractivity contribution in [2.75, 3.05) is 29.3 Å². The molecule has 1 aromatic carbocycles. The van der Waals surface area contributed by atoms with E-state index in [2.05, 4.69) is 10.1 Å². The summed E-state index contributed by atoms with van der Waals surface area (Å²) in [6.07, 6.45) is 5.00. The molecule has 0 atom stereocenters. The second-order valence-corrected chi connectivity index (χ2v) is 8.63. The molecule has 0 saturated carbocycles. The summed E-state index contributed by atoms with van der Waals surface area (Å²) in [5, 5.41) is 5.19.